The number of nitrogens with zero attached hydrogens (tertiary/aromatic N) is 2. The molecule has 2 heterocycles. The summed E-state index contributed by atoms with van der Waals surface area (Å²) in [6.45, 7) is 8.01. The van der Waals surface area contributed by atoms with E-state index in [4.69, 9.17) is 9.79 Å². The minimum absolute atomic E-state index is 0.125. The number of nitrogens with one attached hydrogen (secondary N) is 1. The van der Waals surface area contributed by atoms with Crippen LogP contribution in [0, 0.1) is 5.41 Å². The molecule has 2 aliphatic heterocycles. The molecule has 43 heavy (non-hydrogen) atoms. The second-order valence-electron chi connectivity index (χ2n) is 12.2. The number of amides is 3. The molecule has 9 nitrogen and oxygen atoms in total. The number of fused-ring (bicyclic) bond motifs is 1. The Hall–Kier alpha value is -3.40. The average Bonchev–Trinajstić information content (AvgIpc) is 3.44. The van der Waals surface area contributed by atoms with Gasteiger partial charge in [0.15, 0.2) is 0 Å². The van der Waals surface area contributed by atoms with Crippen molar-refractivity contribution < 1.29 is 37.5 Å². The Morgan fingerprint density at radius 2 is 1.67 bits per heavy atom. The molecule has 0 spiro atoms. The Bertz CT molecular complexity index is 1460. The van der Waals surface area contributed by atoms with Crippen LogP contribution in [-0.4, -0.2) is 57.6 Å². The van der Waals surface area contributed by atoms with E-state index in [1.807, 2.05) is 45.0 Å². The summed E-state index contributed by atoms with van der Waals surface area (Å²) in [5.74, 6) is -1.06. The fourth-order valence-corrected chi connectivity index (χ4v) is 6.10. The summed E-state index contributed by atoms with van der Waals surface area (Å²) >= 11 is 0. The SMILES string of the molecule is C/C(=C\C(=O)N[C@H](C(=O)N1CCC[C@H]1C(=O)N1CCCc2ccccc21)C(C)(C)C)c1ccc(C(F)(F)P(=O)(O)O)cc1. The van der Waals surface area contributed by atoms with Gasteiger partial charge in [-0.25, -0.2) is 0 Å². The van der Waals surface area contributed by atoms with Gasteiger partial charge < -0.3 is 24.9 Å². The zero-order chi connectivity index (χ0) is 31.7. The van der Waals surface area contributed by atoms with Gasteiger partial charge in [0.1, 0.15) is 12.1 Å². The number of halogens is 2. The number of para-hydroxylation sites is 1. The first-order valence-corrected chi connectivity index (χ1v) is 15.9. The van der Waals surface area contributed by atoms with Crippen LogP contribution in [0.3, 0.4) is 0 Å². The second kappa shape index (κ2) is 12.3. The fraction of sp³-hybridized carbons (Fsp3) is 0.452. The highest BCUT2D eigenvalue weighted by Gasteiger charge is 2.50. The smallest absolute Gasteiger partial charge is 0.340 e. The third kappa shape index (κ3) is 6.89. The highest BCUT2D eigenvalue weighted by molar-refractivity contribution is 7.52. The number of anilines is 1. The first-order chi connectivity index (χ1) is 20.0. The molecule has 4 rings (SSSR count). The summed E-state index contributed by atoms with van der Waals surface area (Å²) in [6, 6.07) is 10.5. The van der Waals surface area contributed by atoms with Crippen molar-refractivity contribution in [3.05, 3.63) is 71.3 Å². The molecule has 1 fully saturated rings. The van der Waals surface area contributed by atoms with Crippen molar-refractivity contribution >= 4 is 36.6 Å². The molecule has 0 radical (unpaired) electrons. The number of rotatable bonds is 7. The second-order valence-corrected chi connectivity index (χ2v) is 13.9. The highest BCUT2D eigenvalue weighted by Crippen LogP contribution is 2.59. The zero-order valence-electron chi connectivity index (χ0n) is 24.7. The molecule has 0 unspecified atom stereocenters. The summed E-state index contributed by atoms with van der Waals surface area (Å²) in [6.07, 6.45) is 4.16. The molecule has 2 aromatic carbocycles. The lowest BCUT2D eigenvalue weighted by molar-refractivity contribution is -0.142. The standard InChI is InChI=1S/C31H38F2N3O6P/c1-20(21-13-15-23(16-14-21)31(32,33)43(40,41)42)19-26(37)34-27(30(2,3)4)29(39)36-18-8-12-25(36)28(38)35-17-7-10-22-9-5-6-11-24(22)35/h5-6,9,11,13-16,19,25,27H,7-8,10,12,17-18H2,1-4H3,(H,34,37)(H2,40,41,42)/b20-19+/t25-,27+/m0/s1. The van der Waals surface area contributed by atoms with Gasteiger partial charge in [0.05, 0.1) is 0 Å². The van der Waals surface area contributed by atoms with Crippen LogP contribution in [0.25, 0.3) is 5.57 Å². The molecule has 2 aromatic rings. The van der Waals surface area contributed by atoms with Crippen molar-refractivity contribution in [3.8, 4) is 0 Å². The normalized spacial score (nSPS) is 18.7. The van der Waals surface area contributed by atoms with Crippen molar-refractivity contribution in [1.29, 1.82) is 0 Å². The van der Waals surface area contributed by atoms with E-state index in [-0.39, 0.29) is 11.8 Å². The van der Waals surface area contributed by atoms with Crippen LogP contribution in [0.2, 0.25) is 0 Å². The minimum atomic E-state index is -5.71. The zero-order valence-corrected chi connectivity index (χ0v) is 25.6. The molecular formula is C31H38F2N3O6P. The number of benzene rings is 2. The van der Waals surface area contributed by atoms with Gasteiger partial charge in [0.2, 0.25) is 17.7 Å². The lowest BCUT2D eigenvalue weighted by Gasteiger charge is -2.37. The van der Waals surface area contributed by atoms with Gasteiger partial charge in [-0.1, -0.05) is 63.2 Å². The quantitative estimate of drug-likeness (QED) is 0.302. The van der Waals surface area contributed by atoms with Gasteiger partial charge in [-0.2, -0.15) is 8.78 Å². The maximum atomic E-state index is 14.0. The lowest BCUT2D eigenvalue weighted by atomic mass is 9.85. The number of hydrogen-bond acceptors (Lipinski definition) is 4. The fourth-order valence-electron chi connectivity index (χ4n) is 5.61. The first kappa shape index (κ1) is 32.5. The van der Waals surface area contributed by atoms with Gasteiger partial charge >= 0.3 is 13.3 Å². The first-order valence-electron chi connectivity index (χ1n) is 14.3. The molecule has 232 valence electrons. The topological polar surface area (TPSA) is 127 Å². The van der Waals surface area contributed by atoms with Crippen molar-refractivity contribution in [2.24, 2.45) is 5.41 Å². The molecule has 0 aromatic heterocycles. The van der Waals surface area contributed by atoms with E-state index in [0.717, 1.165) is 36.2 Å². The van der Waals surface area contributed by atoms with E-state index in [1.54, 1.807) is 16.7 Å². The molecule has 0 aliphatic carbocycles. The Balaban J connectivity index is 1.50. The molecule has 3 N–H and O–H groups in total. The lowest BCUT2D eigenvalue weighted by Crippen LogP contribution is -2.58. The molecule has 12 heteroatoms. The number of carbonyl (C=O) groups excluding carboxylic acids is 3. The van der Waals surface area contributed by atoms with Gasteiger partial charge in [-0.15, -0.1) is 0 Å². The van der Waals surface area contributed by atoms with Crippen LogP contribution >= 0.6 is 7.60 Å². The van der Waals surface area contributed by atoms with Crippen molar-refractivity contribution in [2.75, 3.05) is 18.0 Å². The van der Waals surface area contributed by atoms with Gasteiger partial charge in [0.25, 0.3) is 0 Å². The van der Waals surface area contributed by atoms with Gasteiger partial charge in [0, 0.05) is 30.4 Å². The van der Waals surface area contributed by atoms with E-state index >= 15 is 0 Å². The molecule has 1 saturated heterocycles. The number of alkyl halides is 2. The predicted molar refractivity (Wildman–Crippen MR) is 159 cm³/mol. The Kier molecular flexibility index (Phi) is 9.30. The van der Waals surface area contributed by atoms with Crippen LogP contribution in [0.1, 0.15) is 63.6 Å². The third-order valence-corrected chi connectivity index (χ3v) is 8.99. The average molecular weight is 618 g/mol. The summed E-state index contributed by atoms with van der Waals surface area (Å²) in [5.41, 5.74) is -3.14. The molecule has 0 bridgehead atoms. The van der Waals surface area contributed by atoms with E-state index in [0.29, 0.717) is 37.1 Å². The van der Waals surface area contributed by atoms with Crippen molar-refractivity contribution in [3.63, 3.8) is 0 Å². The van der Waals surface area contributed by atoms with Crippen molar-refractivity contribution in [1.82, 2.24) is 10.2 Å². The maximum Gasteiger partial charge on any atom is 0.399 e. The van der Waals surface area contributed by atoms with Crippen LogP contribution in [0.15, 0.2) is 54.6 Å². The van der Waals surface area contributed by atoms with Crippen molar-refractivity contribution in [2.45, 2.75) is 71.1 Å². The van der Waals surface area contributed by atoms with Crippen LogP contribution in [0.4, 0.5) is 14.5 Å². The number of allylic oxidation sites excluding steroid dienone is 1. The van der Waals surface area contributed by atoms with E-state index in [1.165, 1.54) is 18.2 Å². The molecule has 2 aliphatic rings. The number of aryl methyl sites for hydroxylation is 1. The summed E-state index contributed by atoms with van der Waals surface area (Å²) < 4.78 is 39.2. The van der Waals surface area contributed by atoms with Crippen LogP contribution < -0.4 is 10.2 Å². The summed E-state index contributed by atoms with van der Waals surface area (Å²) in [7, 11) is -5.71. The molecule has 2 atom stereocenters. The monoisotopic (exact) mass is 617 g/mol. The maximum absolute atomic E-state index is 14.0. The van der Waals surface area contributed by atoms with Crippen LogP contribution in [0.5, 0.6) is 0 Å². The third-order valence-electron chi connectivity index (χ3n) is 8.00. The Morgan fingerprint density at radius 1 is 1.02 bits per heavy atom. The highest BCUT2D eigenvalue weighted by atomic mass is 31.2. The molecule has 0 saturated carbocycles. The number of likely N-dealkylation sites (tertiary alicyclic amines) is 1. The predicted octanol–water partition coefficient (Wildman–Crippen LogP) is 4.82. The van der Waals surface area contributed by atoms with E-state index in [2.05, 4.69) is 5.32 Å². The minimum Gasteiger partial charge on any atom is -0.340 e. The summed E-state index contributed by atoms with van der Waals surface area (Å²) in [4.78, 5) is 62.1. The number of hydrogen-bond donors (Lipinski definition) is 3. The van der Waals surface area contributed by atoms with Crippen LogP contribution in [-0.2, 0) is 31.0 Å². The largest absolute Gasteiger partial charge is 0.399 e. The van der Waals surface area contributed by atoms with E-state index < -0.39 is 42.2 Å². The molecular weight excluding hydrogens is 579 g/mol. The number of carbonyl (C=O) groups is 3. The summed E-state index contributed by atoms with van der Waals surface area (Å²) in [5, 5.41) is 2.79. The van der Waals surface area contributed by atoms with Gasteiger partial charge in [-0.3, -0.25) is 18.9 Å². The van der Waals surface area contributed by atoms with E-state index in [9.17, 15) is 27.7 Å². The Morgan fingerprint density at radius 3 is 2.30 bits per heavy atom. The van der Waals surface area contributed by atoms with Gasteiger partial charge in [-0.05, 0) is 60.8 Å². The molecule has 3 amide bonds. The Labute approximate surface area is 250 Å².